The Morgan fingerprint density at radius 2 is 1.74 bits per heavy atom. The molecule has 1 aromatic heterocycles. The second-order valence-electron chi connectivity index (χ2n) is 8.65. The van der Waals surface area contributed by atoms with Crippen LogP contribution in [0.5, 0.6) is 5.88 Å². The summed E-state index contributed by atoms with van der Waals surface area (Å²) in [4.78, 5) is 40.8. The van der Waals surface area contributed by atoms with Gasteiger partial charge in [0.05, 0.1) is 16.6 Å². The van der Waals surface area contributed by atoms with E-state index >= 15 is 0 Å². The normalized spacial score (nSPS) is 11.3. The number of benzene rings is 2. The van der Waals surface area contributed by atoms with Gasteiger partial charge in [0, 0.05) is 5.56 Å². The number of hydrogen-bond donors (Lipinski definition) is 3. The summed E-state index contributed by atoms with van der Waals surface area (Å²) < 4.78 is 1.19. The molecule has 3 rings (SSSR count). The third-order valence-corrected chi connectivity index (χ3v) is 5.95. The fraction of sp³-hybridized carbons (Fsp3) is 0.250. The summed E-state index contributed by atoms with van der Waals surface area (Å²) in [7, 11) is 0. The van der Waals surface area contributed by atoms with Crippen LogP contribution in [0.2, 0.25) is 10.0 Å². The minimum atomic E-state index is -1.30. The summed E-state index contributed by atoms with van der Waals surface area (Å²) in [6.07, 6.45) is 0. The van der Waals surface area contributed by atoms with Crippen molar-refractivity contribution in [2.45, 2.75) is 32.7 Å². The second kappa shape index (κ2) is 9.87. The Morgan fingerprint density at radius 1 is 1.09 bits per heavy atom. The van der Waals surface area contributed by atoms with E-state index in [0.717, 1.165) is 11.1 Å². The molecule has 0 aliphatic rings. The lowest BCUT2D eigenvalue weighted by Gasteiger charge is -2.20. The van der Waals surface area contributed by atoms with Gasteiger partial charge < -0.3 is 15.5 Å². The van der Waals surface area contributed by atoms with E-state index in [2.05, 4.69) is 31.1 Å². The van der Waals surface area contributed by atoms with E-state index in [0.29, 0.717) is 0 Å². The van der Waals surface area contributed by atoms with Crippen LogP contribution >= 0.6 is 23.2 Å². The predicted octanol–water partition coefficient (Wildman–Crippen LogP) is 4.08. The second-order valence-corrected chi connectivity index (χ2v) is 9.44. The number of aromatic nitrogens is 2. The highest BCUT2D eigenvalue weighted by Crippen LogP contribution is 2.33. The molecule has 0 spiro atoms. The summed E-state index contributed by atoms with van der Waals surface area (Å²) in [6.45, 7) is 5.52. The van der Waals surface area contributed by atoms with Crippen LogP contribution in [-0.2, 0) is 16.8 Å². The molecule has 10 heteroatoms. The van der Waals surface area contributed by atoms with Crippen LogP contribution in [0.4, 0.5) is 0 Å². The van der Waals surface area contributed by atoms with E-state index in [4.69, 9.17) is 28.3 Å². The Bertz CT molecular complexity index is 1310. The lowest BCUT2D eigenvalue weighted by Crippen LogP contribution is -2.37. The maximum atomic E-state index is 13.4. The van der Waals surface area contributed by atoms with Gasteiger partial charge in [0.2, 0.25) is 5.88 Å². The molecule has 3 N–H and O–H groups in total. The molecule has 2 aromatic carbocycles. The summed E-state index contributed by atoms with van der Waals surface area (Å²) in [5.74, 6) is -3.21. The van der Waals surface area contributed by atoms with Gasteiger partial charge >= 0.3 is 5.97 Å². The molecule has 0 fully saturated rings. The fourth-order valence-corrected chi connectivity index (χ4v) is 3.69. The first-order valence-corrected chi connectivity index (χ1v) is 11.0. The number of halogens is 2. The zero-order valence-electron chi connectivity index (χ0n) is 18.7. The lowest BCUT2D eigenvalue weighted by atomic mass is 9.87. The number of nitrogens with one attached hydrogen (secondary N) is 1. The number of nitrogens with zero attached hydrogens (tertiary/aromatic N) is 2. The molecule has 178 valence electrons. The van der Waals surface area contributed by atoms with Gasteiger partial charge in [-0.15, -0.1) is 0 Å². The zero-order chi connectivity index (χ0) is 25.2. The number of hydrogen-bond acceptors (Lipinski definition) is 5. The van der Waals surface area contributed by atoms with Crippen molar-refractivity contribution >= 4 is 35.1 Å². The smallest absolute Gasteiger partial charge is 0.322 e. The highest BCUT2D eigenvalue weighted by Gasteiger charge is 2.25. The van der Waals surface area contributed by atoms with Gasteiger partial charge in [0.15, 0.2) is 5.56 Å². The topological polar surface area (TPSA) is 122 Å². The van der Waals surface area contributed by atoms with Crippen molar-refractivity contribution in [3.63, 3.8) is 0 Å². The first kappa shape index (κ1) is 25.3. The average molecular weight is 504 g/mol. The Morgan fingerprint density at radius 3 is 2.32 bits per heavy atom. The van der Waals surface area contributed by atoms with Gasteiger partial charge in [-0.1, -0.05) is 74.3 Å². The summed E-state index contributed by atoms with van der Waals surface area (Å²) in [6, 6.07) is 12.4. The molecule has 0 atom stereocenters. The van der Waals surface area contributed by atoms with Gasteiger partial charge in [0.25, 0.3) is 11.5 Å². The molecule has 0 unspecified atom stereocenters. The number of carboxylic acid groups (broad SMARTS) is 1. The van der Waals surface area contributed by atoms with Gasteiger partial charge in [-0.25, -0.2) is 0 Å². The minimum Gasteiger partial charge on any atom is -0.493 e. The molecule has 0 bridgehead atoms. The molecule has 0 radical (unpaired) electrons. The van der Waals surface area contributed by atoms with Crippen LogP contribution in [-0.4, -0.2) is 38.2 Å². The molecule has 3 aromatic rings. The predicted molar refractivity (Wildman–Crippen MR) is 130 cm³/mol. The van der Waals surface area contributed by atoms with Crippen LogP contribution in [0.25, 0.3) is 11.4 Å². The number of carbonyl (C=O) groups is 2. The van der Waals surface area contributed by atoms with E-state index in [1.165, 1.54) is 4.57 Å². The van der Waals surface area contributed by atoms with Gasteiger partial charge in [0.1, 0.15) is 12.4 Å². The molecular weight excluding hydrogens is 481 g/mol. The van der Waals surface area contributed by atoms with Crippen molar-refractivity contribution < 1.29 is 19.8 Å². The molecular formula is C24H23Cl2N3O5. The maximum absolute atomic E-state index is 13.4. The first-order valence-electron chi connectivity index (χ1n) is 10.3. The molecule has 1 amide bonds. The maximum Gasteiger partial charge on any atom is 0.322 e. The summed E-state index contributed by atoms with van der Waals surface area (Å²) in [5, 5.41) is 21.7. The van der Waals surface area contributed by atoms with Crippen LogP contribution in [0.3, 0.4) is 0 Å². The monoisotopic (exact) mass is 503 g/mol. The minimum absolute atomic E-state index is 0.00434. The quantitative estimate of drug-likeness (QED) is 0.465. The molecule has 0 saturated heterocycles. The number of aliphatic carboxylic acids is 1. The van der Waals surface area contributed by atoms with E-state index in [1.807, 2.05) is 24.3 Å². The SMILES string of the molecule is CC(C)(C)c1ccc(Cn2c(-c3cccc(Cl)c3Cl)nc(O)c(C(=O)NCC(=O)O)c2=O)cc1. The van der Waals surface area contributed by atoms with Crippen LogP contribution < -0.4 is 10.9 Å². The Hall–Kier alpha value is -3.36. The zero-order valence-corrected chi connectivity index (χ0v) is 20.2. The van der Waals surface area contributed by atoms with Crippen molar-refractivity contribution in [2.24, 2.45) is 0 Å². The van der Waals surface area contributed by atoms with Crippen LogP contribution in [0, 0.1) is 0 Å². The molecule has 0 aliphatic heterocycles. The van der Waals surface area contributed by atoms with Gasteiger partial charge in [-0.05, 0) is 28.7 Å². The van der Waals surface area contributed by atoms with Gasteiger partial charge in [-0.3, -0.25) is 19.0 Å². The lowest BCUT2D eigenvalue weighted by molar-refractivity contribution is -0.135. The van der Waals surface area contributed by atoms with Crippen molar-refractivity contribution in [1.82, 2.24) is 14.9 Å². The van der Waals surface area contributed by atoms with Crippen molar-refractivity contribution in [3.8, 4) is 17.3 Å². The van der Waals surface area contributed by atoms with E-state index in [1.54, 1.807) is 18.2 Å². The van der Waals surface area contributed by atoms with Crippen LogP contribution in [0.1, 0.15) is 42.3 Å². The van der Waals surface area contributed by atoms with E-state index < -0.39 is 35.4 Å². The molecule has 8 nitrogen and oxygen atoms in total. The number of carboxylic acids is 1. The molecule has 0 saturated carbocycles. The first-order chi connectivity index (χ1) is 15.9. The van der Waals surface area contributed by atoms with E-state index in [9.17, 15) is 19.5 Å². The largest absolute Gasteiger partial charge is 0.493 e. The van der Waals surface area contributed by atoms with E-state index in [-0.39, 0.29) is 33.4 Å². The number of carbonyl (C=O) groups excluding carboxylic acids is 1. The van der Waals surface area contributed by atoms with Crippen molar-refractivity contribution in [3.05, 3.63) is 79.6 Å². The highest BCUT2D eigenvalue weighted by molar-refractivity contribution is 6.43. The average Bonchev–Trinajstić information content (AvgIpc) is 2.76. The summed E-state index contributed by atoms with van der Waals surface area (Å²) in [5.41, 5.74) is 0.518. The summed E-state index contributed by atoms with van der Waals surface area (Å²) >= 11 is 12.5. The standard InChI is InChI=1S/C24H23Cl2N3O5/c1-24(2,3)14-9-7-13(8-10-14)12-29-20(15-5-4-6-16(25)19(15)26)28-22(33)18(23(29)34)21(32)27-11-17(30)31/h4-10,33H,11-12H2,1-3H3,(H,27,32)(H,30,31). The fourth-order valence-electron chi connectivity index (χ4n) is 3.31. The molecule has 0 aliphatic carbocycles. The molecule has 34 heavy (non-hydrogen) atoms. The van der Waals surface area contributed by atoms with Crippen molar-refractivity contribution in [1.29, 1.82) is 0 Å². The number of aromatic hydroxyl groups is 1. The third kappa shape index (κ3) is 5.40. The van der Waals surface area contributed by atoms with Crippen molar-refractivity contribution in [2.75, 3.05) is 6.54 Å². The third-order valence-electron chi connectivity index (χ3n) is 5.13. The van der Waals surface area contributed by atoms with Gasteiger partial charge in [-0.2, -0.15) is 4.98 Å². The van der Waals surface area contributed by atoms with Crippen LogP contribution in [0.15, 0.2) is 47.3 Å². The Balaban J connectivity index is 2.18. The molecule has 1 heterocycles. The highest BCUT2D eigenvalue weighted by atomic mass is 35.5. The Kier molecular flexibility index (Phi) is 7.33. The number of rotatable bonds is 6. The number of amides is 1. The Labute approximate surface area is 205 Å².